The van der Waals surface area contributed by atoms with Gasteiger partial charge in [-0.3, -0.25) is 4.79 Å². The number of rotatable bonds is 4. The average molecular weight is 146 g/mol. The Balaban J connectivity index is 4.46. The van der Waals surface area contributed by atoms with Gasteiger partial charge in [0.25, 0.3) is 0 Å². The van der Waals surface area contributed by atoms with Crippen LogP contribution in [0.4, 0.5) is 0 Å². The van der Waals surface area contributed by atoms with E-state index in [0.29, 0.717) is 0 Å². The minimum Gasteiger partial charge on any atom is -0.395 e. The van der Waals surface area contributed by atoms with Crippen LogP contribution in [-0.2, 0) is 9.59 Å². The number of hydrogen-bond donors (Lipinski definition) is 2. The largest absolute Gasteiger partial charge is 0.395 e. The van der Waals surface area contributed by atoms with Crippen molar-refractivity contribution in [2.45, 2.75) is 6.92 Å². The number of hydrogen-bond acceptors (Lipinski definition) is 4. The van der Waals surface area contributed by atoms with Gasteiger partial charge in [0.05, 0.1) is 13.2 Å². The molecule has 0 spiro atoms. The highest BCUT2D eigenvalue weighted by Crippen LogP contribution is 2.12. The molecule has 0 rings (SSSR count). The molecular weight excluding hydrogens is 136 g/mol. The van der Waals surface area contributed by atoms with Crippen LogP contribution in [0.25, 0.3) is 0 Å². The highest BCUT2D eigenvalue weighted by molar-refractivity contribution is 5.96. The molecule has 0 amide bonds. The van der Waals surface area contributed by atoms with E-state index in [1.54, 1.807) is 0 Å². The van der Waals surface area contributed by atoms with Crippen molar-refractivity contribution in [3.8, 4) is 0 Å². The molecular formula is C6H10O4. The third-order valence-electron chi connectivity index (χ3n) is 1.49. The number of carbonyl (C=O) groups is 2. The Bertz CT molecular complexity index is 137. The predicted molar refractivity (Wildman–Crippen MR) is 33.3 cm³/mol. The normalized spacial score (nSPS) is 11.1. The average Bonchev–Trinajstić information content (AvgIpc) is 1.92. The minimum atomic E-state index is -1.58. The predicted octanol–water partition coefficient (Wildman–Crippen LogP) is -1.25. The Kier molecular flexibility index (Phi) is 3.18. The van der Waals surface area contributed by atoms with Crippen LogP contribution in [0, 0.1) is 5.41 Å². The summed E-state index contributed by atoms with van der Waals surface area (Å²) in [6, 6.07) is 0. The molecule has 0 aromatic heterocycles. The van der Waals surface area contributed by atoms with Crippen LogP contribution in [-0.4, -0.2) is 35.5 Å². The second kappa shape index (κ2) is 3.43. The van der Waals surface area contributed by atoms with Crippen molar-refractivity contribution in [2.75, 3.05) is 13.2 Å². The van der Waals surface area contributed by atoms with Gasteiger partial charge in [0, 0.05) is 0 Å². The van der Waals surface area contributed by atoms with Crippen LogP contribution in [0.3, 0.4) is 0 Å². The van der Waals surface area contributed by atoms with Crippen molar-refractivity contribution in [1.29, 1.82) is 0 Å². The van der Waals surface area contributed by atoms with Crippen LogP contribution < -0.4 is 0 Å². The summed E-state index contributed by atoms with van der Waals surface area (Å²) >= 11 is 0. The van der Waals surface area contributed by atoms with Gasteiger partial charge in [0.2, 0.25) is 0 Å². The monoisotopic (exact) mass is 146 g/mol. The third kappa shape index (κ3) is 1.40. The SMILES string of the molecule is CC(=O)C(C=O)(CO)CO. The van der Waals surface area contributed by atoms with Crippen LogP contribution in [0.15, 0.2) is 0 Å². The standard InChI is InChI=1S/C6H10O4/c1-5(10)6(2-7,3-8)4-9/h2,8-9H,3-4H2,1H3. The van der Waals surface area contributed by atoms with Crippen molar-refractivity contribution < 1.29 is 19.8 Å². The van der Waals surface area contributed by atoms with E-state index in [1.807, 2.05) is 0 Å². The summed E-state index contributed by atoms with van der Waals surface area (Å²) in [6.07, 6.45) is 0.273. The summed E-state index contributed by atoms with van der Waals surface area (Å²) in [6.45, 7) is -0.120. The molecule has 0 aliphatic carbocycles. The molecule has 2 N–H and O–H groups in total. The molecule has 0 atom stereocenters. The third-order valence-corrected chi connectivity index (χ3v) is 1.49. The van der Waals surface area contributed by atoms with Gasteiger partial charge >= 0.3 is 0 Å². The molecule has 0 aromatic rings. The first-order valence-electron chi connectivity index (χ1n) is 2.82. The molecule has 0 aliphatic heterocycles. The van der Waals surface area contributed by atoms with E-state index in [1.165, 1.54) is 0 Å². The van der Waals surface area contributed by atoms with Gasteiger partial charge in [-0.25, -0.2) is 0 Å². The first-order valence-corrected chi connectivity index (χ1v) is 2.82. The molecule has 4 nitrogen and oxygen atoms in total. The molecule has 0 saturated heterocycles. The lowest BCUT2D eigenvalue weighted by molar-refractivity contribution is -0.138. The molecule has 0 aromatic carbocycles. The first-order chi connectivity index (χ1) is 4.63. The molecule has 0 radical (unpaired) electrons. The van der Waals surface area contributed by atoms with Gasteiger partial charge in [-0.1, -0.05) is 0 Å². The zero-order valence-electron chi connectivity index (χ0n) is 5.70. The summed E-state index contributed by atoms with van der Waals surface area (Å²) in [5.74, 6) is -0.521. The highest BCUT2D eigenvalue weighted by atomic mass is 16.3. The van der Waals surface area contributed by atoms with E-state index in [2.05, 4.69) is 0 Å². The molecule has 4 heteroatoms. The topological polar surface area (TPSA) is 74.6 Å². The molecule has 0 bridgehead atoms. The second-order valence-electron chi connectivity index (χ2n) is 2.15. The number of carbonyl (C=O) groups excluding carboxylic acids is 2. The van der Waals surface area contributed by atoms with Gasteiger partial charge in [-0.05, 0) is 6.92 Å². The molecule has 0 aliphatic rings. The van der Waals surface area contributed by atoms with E-state index >= 15 is 0 Å². The maximum absolute atomic E-state index is 10.6. The summed E-state index contributed by atoms with van der Waals surface area (Å²) in [4.78, 5) is 20.8. The summed E-state index contributed by atoms with van der Waals surface area (Å²) in [5, 5.41) is 17.1. The Hall–Kier alpha value is -0.740. The van der Waals surface area contributed by atoms with Crippen LogP contribution >= 0.6 is 0 Å². The Morgan fingerprint density at radius 1 is 1.50 bits per heavy atom. The van der Waals surface area contributed by atoms with Crippen LogP contribution in [0.5, 0.6) is 0 Å². The van der Waals surface area contributed by atoms with Crippen LogP contribution in [0.1, 0.15) is 6.92 Å². The maximum Gasteiger partial charge on any atom is 0.147 e. The first kappa shape index (κ1) is 9.26. The maximum atomic E-state index is 10.6. The van der Waals surface area contributed by atoms with Gasteiger partial charge in [-0.15, -0.1) is 0 Å². The number of Topliss-reactive ketones (excluding diaryl/α,β-unsaturated/α-hetero) is 1. The number of aliphatic hydroxyl groups is 2. The lowest BCUT2D eigenvalue weighted by Gasteiger charge is -2.17. The van der Waals surface area contributed by atoms with Crippen molar-refractivity contribution >= 4 is 12.1 Å². The molecule has 0 saturated carbocycles. The zero-order valence-corrected chi connectivity index (χ0v) is 5.70. The van der Waals surface area contributed by atoms with Crippen molar-refractivity contribution in [2.24, 2.45) is 5.41 Å². The van der Waals surface area contributed by atoms with Crippen LogP contribution in [0.2, 0.25) is 0 Å². The van der Waals surface area contributed by atoms with Crippen molar-refractivity contribution in [3.05, 3.63) is 0 Å². The number of ketones is 1. The van der Waals surface area contributed by atoms with E-state index in [-0.39, 0.29) is 6.29 Å². The summed E-state index contributed by atoms with van der Waals surface area (Å²) < 4.78 is 0. The van der Waals surface area contributed by atoms with Gasteiger partial charge in [-0.2, -0.15) is 0 Å². The van der Waals surface area contributed by atoms with Crippen molar-refractivity contribution in [1.82, 2.24) is 0 Å². The van der Waals surface area contributed by atoms with E-state index < -0.39 is 24.4 Å². The van der Waals surface area contributed by atoms with Gasteiger partial charge in [0.15, 0.2) is 0 Å². The Morgan fingerprint density at radius 2 is 1.90 bits per heavy atom. The molecule has 0 heterocycles. The highest BCUT2D eigenvalue weighted by Gasteiger charge is 2.33. The Morgan fingerprint density at radius 3 is 1.90 bits per heavy atom. The summed E-state index contributed by atoms with van der Waals surface area (Å²) in [7, 11) is 0. The smallest absolute Gasteiger partial charge is 0.147 e. The van der Waals surface area contributed by atoms with Crippen molar-refractivity contribution in [3.63, 3.8) is 0 Å². The number of aldehydes is 1. The fraction of sp³-hybridized carbons (Fsp3) is 0.667. The zero-order chi connectivity index (χ0) is 8.20. The fourth-order valence-corrected chi connectivity index (χ4v) is 0.430. The van der Waals surface area contributed by atoms with E-state index in [4.69, 9.17) is 10.2 Å². The minimum absolute atomic E-state index is 0.273. The Labute approximate surface area is 58.5 Å². The number of aliphatic hydroxyl groups excluding tert-OH is 2. The van der Waals surface area contributed by atoms with Gasteiger partial charge < -0.3 is 15.0 Å². The molecule has 58 valence electrons. The fourth-order valence-electron chi connectivity index (χ4n) is 0.430. The quantitative estimate of drug-likeness (QED) is 0.383. The van der Waals surface area contributed by atoms with E-state index in [9.17, 15) is 9.59 Å². The lowest BCUT2D eigenvalue weighted by Crippen LogP contribution is -2.38. The molecule has 10 heavy (non-hydrogen) atoms. The molecule has 0 unspecified atom stereocenters. The van der Waals surface area contributed by atoms with Gasteiger partial charge in [0.1, 0.15) is 17.5 Å². The second-order valence-corrected chi connectivity index (χ2v) is 2.15. The van der Waals surface area contributed by atoms with E-state index in [0.717, 1.165) is 6.92 Å². The molecule has 0 fully saturated rings. The summed E-state index contributed by atoms with van der Waals surface area (Å²) in [5.41, 5.74) is -1.58. The lowest BCUT2D eigenvalue weighted by atomic mass is 9.88.